The number of ether oxygens (including phenoxy) is 1. The smallest absolute Gasteiger partial charge is 0.330 e. The molecule has 18 heavy (non-hydrogen) atoms. The van der Waals surface area contributed by atoms with E-state index in [0.717, 1.165) is 19.4 Å². The van der Waals surface area contributed by atoms with Crippen LogP contribution in [0.1, 0.15) is 25.7 Å². The number of barbiturate groups is 1. The second-order valence-electron chi connectivity index (χ2n) is 5.34. The molecule has 0 aromatic rings. The van der Waals surface area contributed by atoms with Gasteiger partial charge in [-0.05, 0) is 25.7 Å². The van der Waals surface area contributed by atoms with Crippen LogP contribution in [0.15, 0.2) is 0 Å². The van der Waals surface area contributed by atoms with Gasteiger partial charge in [0.1, 0.15) is 5.41 Å². The number of rotatable bonds is 2. The van der Waals surface area contributed by atoms with Crippen molar-refractivity contribution in [2.45, 2.75) is 25.7 Å². The summed E-state index contributed by atoms with van der Waals surface area (Å²) in [5, 5.41) is 2.29. The molecular weight excluding hydrogens is 236 g/mol. The average Bonchev–Trinajstić information content (AvgIpc) is 3.16. The molecule has 0 bridgehead atoms. The van der Waals surface area contributed by atoms with Crippen molar-refractivity contribution in [2.75, 3.05) is 19.8 Å². The van der Waals surface area contributed by atoms with E-state index in [1.54, 1.807) is 0 Å². The molecule has 1 aliphatic carbocycles. The standard InChI is InChI=1S/C12H16N2O4/c15-9-12(3-4-12)10(16)14(11(17)13-9)6-8-2-1-5-18-7-8/h8H,1-7H2,(H,13,15,17). The summed E-state index contributed by atoms with van der Waals surface area (Å²) in [7, 11) is 0. The van der Waals surface area contributed by atoms with Crippen LogP contribution in [-0.2, 0) is 14.3 Å². The van der Waals surface area contributed by atoms with E-state index >= 15 is 0 Å². The average molecular weight is 252 g/mol. The van der Waals surface area contributed by atoms with Crippen molar-refractivity contribution >= 4 is 17.8 Å². The molecule has 0 aromatic heterocycles. The molecule has 1 atom stereocenters. The largest absolute Gasteiger partial charge is 0.381 e. The number of hydrogen-bond donors (Lipinski definition) is 1. The Labute approximate surface area is 105 Å². The van der Waals surface area contributed by atoms with Crippen LogP contribution < -0.4 is 5.32 Å². The van der Waals surface area contributed by atoms with Crippen molar-refractivity contribution in [3.8, 4) is 0 Å². The van der Waals surface area contributed by atoms with E-state index in [9.17, 15) is 14.4 Å². The highest BCUT2D eigenvalue weighted by atomic mass is 16.5. The summed E-state index contributed by atoms with van der Waals surface area (Å²) in [5.74, 6) is -0.548. The van der Waals surface area contributed by atoms with Gasteiger partial charge in [0.05, 0.1) is 6.61 Å². The lowest BCUT2D eigenvalue weighted by Gasteiger charge is -2.33. The number of amides is 4. The first-order valence-electron chi connectivity index (χ1n) is 6.39. The van der Waals surface area contributed by atoms with Crippen LogP contribution >= 0.6 is 0 Å². The number of nitrogens with one attached hydrogen (secondary N) is 1. The number of urea groups is 1. The van der Waals surface area contributed by atoms with Gasteiger partial charge in [-0.1, -0.05) is 0 Å². The molecule has 3 fully saturated rings. The van der Waals surface area contributed by atoms with E-state index < -0.39 is 17.4 Å². The van der Waals surface area contributed by atoms with E-state index in [4.69, 9.17) is 4.74 Å². The maximum absolute atomic E-state index is 12.2. The van der Waals surface area contributed by atoms with Gasteiger partial charge in [0.25, 0.3) is 0 Å². The Hall–Kier alpha value is -1.43. The fourth-order valence-electron chi connectivity index (χ4n) is 2.67. The summed E-state index contributed by atoms with van der Waals surface area (Å²) >= 11 is 0. The normalized spacial score (nSPS) is 30.6. The Balaban J connectivity index is 1.72. The van der Waals surface area contributed by atoms with Crippen molar-refractivity contribution in [1.29, 1.82) is 0 Å². The molecule has 1 N–H and O–H groups in total. The molecule has 0 radical (unpaired) electrons. The van der Waals surface area contributed by atoms with Gasteiger partial charge in [-0.2, -0.15) is 0 Å². The van der Waals surface area contributed by atoms with E-state index in [-0.39, 0.29) is 11.8 Å². The quantitative estimate of drug-likeness (QED) is 0.716. The third-order valence-corrected chi connectivity index (χ3v) is 4.00. The minimum Gasteiger partial charge on any atom is -0.381 e. The van der Waals surface area contributed by atoms with Crippen molar-refractivity contribution in [3.63, 3.8) is 0 Å². The molecule has 3 aliphatic rings. The Kier molecular flexibility index (Phi) is 2.62. The summed E-state index contributed by atoms with van der Waals surface area (Å²) in [5.41, 5.74) is -0.927. The van der Waals surface area contributed by atoms with Gasteiger partial charge in [-0.25, -0.2) is 4.79 Å². The topological polar surface area (TPSA) is 75.7 Å². The van der Waals surface area contributed by atoms with Crippen molar-refractivity contribution in [1.82, 2.24) is 10.2 Å². The van der Waals surface area contributed by atoms with E-state index in [2.05, 4.69) is 5.32 Å². The first kappa shape index (κ1) is 11.6. The summed E-state index contributed by atoms with van der Waals surface area (Å²) in [4.78, 5) is 36.8. The monoisotopic (exact) mass is 252 g/mol. The Morgan fingerprint density at radius 2 is 2.11 bits per heavy atom. The molecule has 4 amide bonds. The van der Waals surface area contributed by atoms with Crippen LogP contribution in [0.25, 0.3) is 0 Å². The highest BCUT2D eigenvalue weighted by Gasteiger charge is 2.62. The van der Waals surface area contributed by atoms with Crippen molar-refractivity contribution in [2.24, 2.45) is 11.3 Å². The number of carbonyl (C=O) groups is 3. The zero-order chi connectivity index (χ0) is 12.8. The lowest BCUT2D eigenvalue weighted by molar-refractivity contribution is -0.145. The Bertz CT molecular complexity index is 410. The fourth-order valence-corrected chi connectivity index (χ4v) is 2.67. The third kappa shape index (κ3) is 1.71. The molecule has 98 valence electrons. The lowest BCUT2D eigenvalue weighted by Crippen LogP contribution is -2.60. The molecule has 6 heteroatoms. The van der Waals surface area contributed by atoms with Crippen LogP contribution in [0.4, 0.5) is 4.79 Å². The summed E-state index contributed by atoms with van der Waals surface area (Å²) < 4.78 is 5.35. The summed E-state index contributed by atoms with van der Waals surface area (Å²) in [6, 6.07) is -0.576. The molecule has 2 heterocycles. The van der Waals surface area contributed by atoms with Gasteiger partial charge >= 0.3 is 6.03 Å². The van der Waals surface area contributed by atoms with E-state index in [0.29, 0.717) is 26.0 Å². The Morgan fingerprint density at radius 1 is 1.33 bits per heavy atom. The second kappa shape index (κ2) is 4.05. The third-order valence-electron chi connectivity index (χ3n) is 4.00. The highest BCUT2D eigenvalue weighted by molar-refractivity contribution is 6.20. The highest BCUT2D eigenvalue weighted by Crippen LogP contribution is 2.49. The SMILES string of the molecule is O=C1NC(=O)C2(CC2)C(=O)N1CC1CCCOC1. The zero-order valence-corrected chi connectivity index (χ0v) is 10.1. The van der Waals surface area contributed by atoms with Crippen LogP contribution in [0, 0.1) is 11.3 Å². The van der Waals surface area contributed by atoms with E-state index in [1.165, 1.54) is 4.90 Å². The molecule has 2 saturated heterocycles. The first-order chi connectivity index (χ1) is 8.63. The maximum Gasteiger partial charge on any atom is 0.330 e. The fraction of sp³-hybridized carbons (Fsp3) is 0.750. The van der Waals surface area contributed by atoms with Gasteiger partial charge in [0.2, 0.25) is 11.8 Å². The van der Waals surface area contributed by atoms with Crippen LogP contribution in [0.2, 0.25) is 0 Å². The maximum atomic E-state index is 12.2. The van der Waals surface area contributed by atoms with Crippen molar-refractivity contribution in [3.05, 3.63) is 0 Å². The molecule has 1 spiro atoms. The molecular formula is C12H16N2O4. The van der Waals surface area contributed by atoms with Crippen molar-refractivity contribution < 1.29 is 19.1 Å². The lowest BCUT2D eigenvalue weighted by atomic mass is 9.98. The van der Waals surface area contributed by atoms with Gasteiger partial charge < -0.3 is 4.74 Å². The minimum atomic E-state index is -0.927. The van der Waals surface area contributed by atoms with Gasteiger partial charge in [0, 0.05) is 19.1 Å². The number of imide groups is 2. The predicted octanol–water partition coefficient (Wildman–Crippen LogP) is 0.272. The van der Waals surface area contributed by atoms with Gasteiger partial charge in [0.15, 0.2) is 0 Å². The molecule has 0 aromatic carbocycles. The Morgan fingerprint density at radius 3 is 2.72 bits per heavy atom. The predicted molar refractivity (Wildman–Crippen MR) is 60.5 cm³/mol. The summed E-state index contributed by atoms with van der Waals surface area (Å²) in [6.07, 6.45) is 3.03. The minimum absolute atomic E-state index is 0.192. The molecule has 1 saturated carbocycles. The van der Waals surface area contributed by atoms with Gasteiger partial charge in [-0.3, -0.25) is 19.8 Å². The second-order valence-corrected chi connectivity index (χ2v) is 5.34. The molecule has 3 rings (SSSR count). The zero-order valence-electron chi connectivity index (χ0n) is 10.1. The number of hydrogen-bond acceptors (Lipinski definition) is 4. The molecule has 2 aliphatic heterocycles. The van der Waals surface area contributed by atoms with Crippen LogP contribution in [-0.4, -0.2) is 42.5 Å². The number of nitrogens with zero attached hydrogens (tertiary/aromatic N) is 1. The summed E-state index contributed by atoms with van der Waals surface area (Å²) in [6.45, 7) is 1.69. The number of carbonyl (C=O) groups excluding carboxylic acids is 3. The first-order valence-corrected chi connectivity index (χ1v) is 6.39. The van der Waals surface area contributed by atoms with Crippen LogP contribution in [0.3, 0.4) is 0 Å². The molecule has 6 nitrogen and oxygen atoms in total. The van der Waals surface area contributed by atoms with Gasteiger partial charge in [-0.15, -0.1) is 0 Å². The van der Waals surface area contributed by atoms with E-state index in [1.807, 2.05) is 0 Å². The van der Waals surface area contributed by atoms with Crippen LogP contribution in [0.5, 0.6) is 0 Å². The molecule has 1 unspecified atom stereocenters.